The monoisotopic (exact) mass is 379 g/mol. The highest BCUT2D eigenvalue weighted by atomic mass is 16.6. The molecule has 0 unspecified atom stereocenters. The zero-order valence-corrected chi connectivity index (χ0v) is 14.9. The Morgan fingerprint density at radius 3 is 2.61 bits per heavy atom. The van der Waals surface area contributed by atoms with Crippen molar-refractivity contribution in [3.05, 3.63) is 76.9 Å². The fraction of sp³-hybridized carbons (Fsp3) is 0.111. The van der Waals surface area contributed by atoms with E-state index in [1.807, 2.05) is 37.3 Å². The van der Waals surface area contributed by atoms with Gasteiger partial charge in [0, 0.05) is 24.6 Å². The van der Waals surface area contributed by atoms with E-state index < -0.39 is 10.8 Å². The first-order chi connectivity index (χ1) is 13.6. The van der Waals surface area contributed by atoms with Crippen molar-refractivity contribution in [2.75, 3.05) is 16.9 Å². The number of para-hydroxylation sites is 1. The van der Waals surface area contributed by atoms with E-state index >= 15 is 0 Å². The van der Waals surface area contributed by atoms with E-state index in [0.717, 1.165) is 5.69 Å². The van der Waals surface area contributed by atoms with Crippen LogP contribution in [0.3, 0.4) is 0 Å². The Morgan fingerprint density at radius 2 is 1.96 bits per heavy atom. The van der Waals surface area contributed by atoms with Gasteiger partial charge in [0.2, 0.25) is 11.6 Å². The number of nitrogens with one attached hydrogen (secondary N) is 2. The highest BCUT2D eigenvalue weighted by molar-refractivity contribution is 5.94. The quantitative estimate of drug-likeness (QED) is 0.474. The van der Waals surface area contributed by atoms with Gasteiger partial charge in [0.25, 0.3) is 5.91 Å². The number of pyridine rings is 1. The Hall–Kier alpha value is -4.08. The first-order valence-corrected chi connectivity index (χ1v) is 8.40. The summed E-state index contributed by atoms with van der Waals surface area (Å²) < 4.78 is 0. The zero-order chi connectivity index (χ0) is 19.9. The third-order valence-electron chi connectivity index (χ3n) is 3.84. The van der Waals surface area contributed by atoms with Crippen LogP contribution in [0.25, 0.3) is 0 Å². The normalized spacial score (nSPS) is 10.2. The highest BCUT2D eigenvalue weighted by Crippen LogP contribution is 2.35. The summed E-state index contributed by atoms with van der Waals surface area (Å²) in [6.07, 6.45) is 4.12. The summed E-state index contributed by atoms with van der Waals surface area (Å²) in [7, 11) is 0. The minimum atomic E-state index is -0.584. The van der Waals surface area contributed by atoms with Gasteiger partial charge in [-0.05, 0) is 31.2 Å². The van der Waals surface area contributed by atoms with Gasteiger partial charge in [-0.25, -0.2) is 9.97 Å². The summed E-state index contributed by atoms with van der Waals surface area (Å²) in [6, 6.07) is 12.3. The molecule has 0 bridgehead atoms. The maximum absolute atomic E-state index is 12.2. The third-order valence-corrected chi connectivity index (χ3v) is 3.84. The summed E-state index contributed by atoms with van der Waals surface area (Å²) in [5.74, 6) is -0.508. The largest absolute Gasteiger partial charge is 0.355 e. The number of hydrazine groups is 1. The fourth-order valence-electron chi connectivity index (χ4n) is 2.57. The summed E-state index contributed by atoms with van der Waals surface area (Å²) in [5, 5.41) is 11.7. The Labute approximate surface area is 160 Å². The van der Waals surface area contributed by atoms with E-state index in [4.69, 9.17) is 0 Å². The van der Waals surface area contributed by atoms with Crippen molar-refractivity contribution >= 4 is 28.9 Å². The van der Waals surface area contributed by atoms with Crippen LogP contribution in [0.5, 0.6) is 0 Å². The molecule has 0 aliphatic rings. The van der Waals surface area contributed by atoms with Crippen molar-refractivity contribution in [2.45, 2.75) is 6.92 Å². The summed E-state index contributed by atoms with van der Waals surface area (Å²) >= 11 is 0. The number of rotatable bonds is 7. The molecule has 1 amide bonds. The smallest absolute Gasteiger partial charge is 0.321 e. The van der Waals surface area contributed by atoms with Crippen LogP contribution < -0.4 is 15.8 Å². The molecule has 0 atom stereocenters. The van der Waals surface area contributed by atoms with Crippen LogP contribution in [0.1, 0.15) is 17.3 Å². The predicted molar refractivity (Wildman–Crippen MR) is 103 cm³/mol. The number of nitrogens with zero attached hydrogens (tertiary/aromatic N) is 5. The van der Waals surface area contributed by atoms with E-state index in [2.05, 4.69) is 25.8 Å². The minimum Gasteiger partial charge on any atom is -0.321 e. The zero-order valence-electron chi connectivity index (χ0n) is 14.9. The van der Waals surface area contributed by atoms with Gasteiger partial charge in [0.05, 0.1) is 10.5 Å². The first kappa shape index (κ1) is 18.7. The lowest BCUT2D eigenvalue weighted by atomic mass is 10.2. The molecule has 3 rings (SSSR count). The maximum atomic E-state index is 12.2. The molecule has 10 nitrogen and oxygen atoms in total. The number of carbonyl (C=O) groups is 1. The second kappa shape index (κ2) is 8.54. The van der Waals surface area contributed by atoms with Crippen LogP contribution in [0.2, 0.25) is 0 Å². The van der Waals surface area contributed by atoms with Crippen molar-refractivity contribution in [2.24, 2.45) is 0 Å². The number of anilines is 3. The molecule has 10 heteroatoms. The van der Waals surface area contributed by atoms with Gasteiger partial charge < -0.3 is 4.90 Å². The van der Waals surface area contributed by atoms with Crippen molar-refractivity contribution in [3.63, 3.8) is 0 Å². The van der Waals surface area contributed by atoms with Gasteiger partial charge in [-0.2, -0.15) is 0 Å². The molecule has 0 aliphatic heterocycles. The summed E-state index contributed by atoms with van der Waals surface area (Å²) in [4.78, 5) is 36.9. The summed E-state index contributed by atoms with van der Waals surface area (Å²) in [5.41, 5.74) is 5.61. The lowest BCUT2D eigenvalue weighted by Crippen LogP contribution is -2.30. The molecule has 28 heavy (non-hydrogen) atoms. The lowest BCUT2D eigenvalue weighted by molar-refractivity contribution is -0.383. The number of hydrogen-bond donors (Lipinski definition) is 2. The number of benzene rings is 1. The number of aromatic nitrogens is 3. The molecule has 142 valence electrons. The maximum Gasteiger partial charge on any atom is 0.355 e. The Kier molecular flexibility index (Phi) is 5.70. The molecule has 0 aliphatic carbocycles. The number of nitro groups is 1. The molecule has 2 N–H and O–H groups in total. The molecule has 2 aromatic heterocycles. The Balaban J connectivity index is 1.91. The molecule has 3 aromatic rings. The lowest BCUT2D eigenvalue weighted by Gasteiger charge is -2.22. The van der Waals surface area contributed by atoms with Gasteiger partial charge in [-0.1, -0.05) is 18.2 Å². The second-order valence-electron chi connectivity index (χ2n) is 5.55. The molecule has 0 radical (unpaired) electrons. The number of carbonyl (C=O) groups excluding carboxylic acids is 1. The number of hydrogen-bond acceptors (Lipinski definition) is 8. The fourth-order valence-corrected chi connectivity index (χ4v) is 2.57. The molecular weight excluding hydrogens is 362 g/mol. The molecular formula is C18H17N7O3. The predicted octanol–water partition coefficient (Wildman–Crippen LogP) is 2.69. The van der Waals surface area contributed by atoms with E-state index in [0.29, 0.717) is 12.1 Å². The SMILES string of the molecule is CCN(c1ccccc1)c1ncnc(NNC(=O)c2cccnc2)c1[N+](=O)[O-]. The highest BCUT2D eigenvalue weighted by Gasteiger charge is 2.27. The topological polar surface area (TPSA) is 126 Å². The van der Waals surface area contributed by atoms with E-state index in [-0.39, 0.29) is 17.3 Å². The summed E-state index contributed by atoms with van der Waals surface area (Å²) in [6.45, 7) is 2.31. The van der Waals surface area contributed by atoms with Gasteiger partial charge in [0.15, 0.2) is 0 Å². The Morgan fingerprint density at radius 1 is 1.18 bits per heavy atom. The van der Waals surface area contributed by atoms with Crippen LogP contribution >= 0.6 is 0 Å². The minimum absolute atomic E-state index is 0.117. The molecule has 0 spiro atoms. The second-order valence-corrected chi connectivity index (χ2v) is 5.55. The first-order valence-electron chi connectivity index (χ1n) is 8.40. The van der Waals surface area contributed by atoms with Crippen LogP contribution in [0, 0.1) is 10.1 Å². The van der Waals surface area contributed by atoms with E-state index in [1.54, 1.807) is 17.0 Å². The standard InChI is InChI=1S/C18H17N7O3/c1-2-24(14-8-4-3-5-9-14)17-15(25(27)28)16(20-12-21-17)22-23-18(26)13-7-6-10-19-11-13/h3-12H,2H2,1H3,(H,23,26)(H,20,21,22). The van der Waals surface area contributed by atoms with Crippen LogP contribution in [-0.4, -0.2) is 32.3 Å². The van der Waals surface area contributed by atoms with Gasteiger partial charge >= 0.3 is 5.69 Å². The van der Waals surface area contributed by atoms with Crippen molar-refractivity contribution in [3.8, 4) is 0 Å². The van der Waals surface area contributed by atoms with Gasteiger partial charge in [-0.3, -0.25) is 30.7 Å². The molecule has 0 saturated carbocycles. The van der Waals surface area contributed by atoms with Gasteiger partial charge in [-0.15, -0.1) is 0 Å². The average Bonchev–Trinajstić information content (AvgIpc) is 2.74. The average molecular weight is 379 g/mol. The number of amides is 1. The van der Waals surface area contributed by atoms with Crippen LogP contribution in [-0.2, 0) is 0 Å². The van der Waals surface area contributed by atoms with Crippen LogP contribution in [0.4, 0.5) is 23.0 Å². The molecule has 0 saturated heterocycles. The molecule has 0 fully saturated rings. The van der Waals surface area contributed by atoms with E-state index in [9.17, 15) is 14.9 Å². The molecule has 2 heterocycles. The van der Waals surface area contributed by atoms with Crippen LogP contribution in [0.15, 0.2) is 61.2 Å². The van der Waals surface area contributed by atoms with Crippen molar-refractivity contribution in [1.29, 1.82) is 0 Å². The van der Waals surface area contributed by atoms with E-state index in [1.165, 1.54) is 18.7 Å². The third kappa shape index (κ3) is 4.01. The Bertz CT molecular complexity index is 967. The van der Waals surface area contributed by atoms with Crippen molar-refractivity contribution in [1.82, 2.24) is 20.4 Å². The van der Waals surface area contributed by atoms with Crippen molar-refractivity contribution < 1.29 is 9.72 Å². The molecule has 1 aromatic carbocycles. The van der Waals surface area contributed by atoms with Gasteiger partial charge in [0.1, 0.15) is 6.33 Å².